The van der Waals surface area contributed by atoms with E-state index in [1.165, 1.54) is 12.8 Å². The van der Waals surface area contributed by atoms with E-state index in [4.69, 9.17) is 4.74 Å². The molecule has 0 aromatic heterocycles. The lowest BCUT2D eigenvalue weighted by atomic mass is 9.80. The highest BCUT2D eigenvalue weighted by Crippen LogP contribution is 2.32. The maximum Gasteiger partial charge on any atom is 0.220 e. The van der Waals surface area contributed by atoms with Crippen LogP contribution in [0.3, 0.4) is 0 Å². The molecular weight excluding hydrogens is 216 g/mol. The van der Waals surface area contributed by atoms with E-state index in [1.807, 2.05) is 6.92 Å². The molecule has 2 N–H and O–H groups in total. The Morgan fingerprint density at radius 2 is 2.29 bits per heavy atom. The Balaban J connectivity index is 1.52. The van der Waals surface area contributed by atoms with Gasteiger partial charge in [-0.05, 0) is 45.1 Å². The van der Waals surface area contributed by atoms with E-state index in [0.717, 1.165) is 32.5 Å². The molecular formula is C13H24N2O2. The van der Waals surface area contributed by atoms with E-state index < -0.39 is 0 Å². The van der Waals surface area contributed by atoms with Crippen molar-refractivity contribution in [1.82, 2.24) is 10.6 Å². The van der Waals surface area contributed by atoms with Crippen LogP contribution in [0.25, 0.3) is 0 Å². The molecule has 1 saturated carbocycles. The normalized spacial score (nSPS) is 32.2. The average Bonchev–Trinajstić information content (AvgIpc) is 2.76. The molecule has 1 amide bonds. The number of rotatable bonds is 6. The lowest BCUT2D eigenvalue weighted by Gasteiger charge is -2.34. The molecule has 98 valence electrons. The van der Waals surface area contributed by atoms with Crippen molar-refractivity contribution in [3.8, 4) is 0 Å². The highest BCUT2D eigenvalue weighted by molar-refractivity contribution is 5.76. The van der Waals surface area contributed by atoms with Gasteiger partial charge in [-0.25, -0.2) is 0 Å². The van der Waals surface area contributed by atoms with Gasteiger partial charge in [-0.2, -0.15) is 0 Å². The fraction of sp³-hybridized carbons (Fsp3) is 0.923. The minimum atomic E-state index is 0.207. The third-order valence-electron chi connectivity index (χ3n) is 3.78. The number of carbonyl (C=O) groups excluding carboxylic acids is 1. The lowest BCUT2D eigenvalue weighted by Crippen LogP contribution is -2.40. The first-order valence-corrected chi connectivity index (χ1v) is 6.89. The molecule has 2 aliphatic rings. The molecule has 1 heterocycles. The Morgan fingerprint density at radius 3 is 2.94 bits per heavy atom. The van der Waals surface area contributed by atoms with Crippen LogP contribution in [-0.4, -0.2) is 37.7 Å². The lowest BCUT2D eigenvalue weighted by molar-refractivity contribution is -0.124. The summed E-state index contributed by atoms with van der Waals surface area (Å²) in [6, 6.07) is 0.497. The summed E-state index contributed by atoms with van der Waals surface area (Å²) < 4.78 is 5.49. The van der Waals surface area contributed by atoms with Gasteiger partial charge in [-0.1, -0.05) is 0 Å². The summed E-state index contributed by atoms with van der Waals surface area (Å²) in [6.45, 7) is 4.70. The van der Waals surface area contributed by atoms with Crippen molar-refractivity contribution in [2.24, 2.45) is 5.92 Å². The number of hydrogen-bond acceptors (Lipinski definition) is 3. The molecule has 0 radical (unpaired) electrons. The van der Waals surface area contributed by atoms with Gasteiger partial charge in [-0.3, -0.25) is 4.79 Å². The van der Waals surface area contributed by atoms with E-state index in [9.17, 15) is 4.79 Å². The molecule has 1 saturated heterocycles. The standard InChI is InChI=1S/C13H24N2O2/c1-2-17-12-6-10(7-12)8-13(16)15-9-11-4-3-5-14-11/h10-12,14H,2-9H2,1H3,(H,15,16). The molecule has 0 aromatic rings. The second-order valence-electron chi connectivity index (χ2n) is 5.22. The van der Waals surface area contributed by atoms with Crippen molar-refractivity contribution in [3.05, 3.63) is 0 Å². The summed E-state index contributed by atoms with van der Waals surface area (Å²) in [6.07, 6.45) is 5.63. The van der Waals surface area contributed by atoms with Crippen LogP contribution < -0.4 is 10.6 Å². The highest BCUT2D eigenvalue weighted by atomic mass is 16.5. The molecule has 0 aromatic carbocycles. The van der Waals surface area contributed by atoms with Gasteiger partial charge in [0.05, 0.1) is 6.10 Å². The third-order valence-corrected chi connectivity index (χ3v) is 3.78. The SMILES string of the molecule is CCOC1CC(CC(=O)NCC2CCCN2)C1. The summed E-state index contributed by atoms with van der Waals surface area (Å²) in [7, 11) is 0. The van der Waals surface area contributed by atoms with Gasteiger partial charge in [0.15, 0.2) is 0 Å². The van der Waals surface area contributed by atoms with Gasteiger partial charge in [0, 0.05) is 25.6 Å². The quantitative estimate of drug-likeness (QED) is 0.730. The van der Waals surface area contributed by atoms with Crippen LogP contribution in [0, 0.1) is 5.92 Å². The first kappa shape index (κ1) is 12.8. The Labute approximate surface area is 103 Å². The van der Waals surface area contributed by atoms with Crippen LogP contribution in [0.5, 0.6) is 0 Å². The van der Waals surface area contributed by atoms with E-state index in [1.54, 1.807) is 0 Å². The van der Waals surface area contributed by atoms with E-state index in [-0.39, 0.29) is 5.91 Å². The first-order valence-electron chi connectivity index (χ1n) is 6.89. The number of ether oxygens (including phenoxy) is 1. The maximum atomic E-state index is 11.7. The second-order valence-corrected chi connectivity index (χ2v) is 5.22. The summed E-state index contributed by atoms with van der Waals surface area (Å²) in [5.74, 6) is 0.752. The molecule has 0 bridgehead atoms. The minimum Gasteiger partial charge on any atom is -0.378 e. The van der Waals surface area contributed by atoms with Crippen molar-refractivity contribution >= 4 is 5.91 Å². The van der Waals surface area contributed by atoms with Crippen LogP contribution in [0.1, 0.15) is 39.0 Å². The number of carbonyl (C=O) groups is 1. The Hall–Kier alpha value is -0.610. The number of amides is 1. The van der Waals surface area contributed by atoms with Gasteiger partial charge in [-0.15, -0.1) is 0 Å². The average molecular weight is 240 g/mol. The highest BCUT2D eigenvalue weighted by Gasteiger charge is 2.31. The smallest absolute Gasteiger partial charge is 0.220 e. The third kappa shape index (κ3) is 3.96. The van der Waals surface area contributed by atoms with Crippen LogP contribution in [0.2, 0.25) is 0 Å². The van der Waals surface area contributed by atoms with Crippen molar-refractivity contribution in [1.29, 1.82) is 0 Å². The molecule has 2 rings (SSSR count). The second kappa shape index (κ2) is 6.36. The Morgan fingerprint density at radius 1 is 1.47 bits per heavy atom. The van der Waals surface area contributed by atoms with Gasteiger partial charge in [0.1, 0.15) is 0 Å². The Kier molecular flexibility index (Phi) is 4.80. The van der Waals surface area contributed by atoms with E-state index in [2.05, 4.69) is 10.6 Å². The molecule has 17 heavy (non-hydrogen) atoms. The first-order chi connectivity index (χ1) is 8.28. The Bertz CT molecular complexity index is 246. The van der Waals surface area contributed by atoms with Gasteiger partial charge >= 0.3 is 0 Å². The minimum absolute atomic E-state index is 0.207. The zero-order chi connectivity index (χ0) is 12.1. The zero-order valence-corrected chi connectivity index (χ0v) is 10.7. The van der Waals surface area contributed by atoms with Crippen LogP contribution >= 0.6 is 0 Å². The molecule has 2 fully saturated rings. The van der Waals surface area contributed by atoms with Gasteiger partial charge < -0.3 is 15.4 Å². The van der Waals surface area contributed by atoms with Crippen LogP contribution in [-0.2, 0) is 9.53 Å². The fourth-order valence-electron chi connectivity index (χ4n) is 2.72. The summed E-state index contributed by atoms with van der Waals surface area (Å²) >= 11 is 0. The fourth-order valence-corrected chi connectivity index (χ4v) is 2.72. The molecule has 1 aliphatic heterocycles. The molecule has 4 heteroatoms. The predicted molar refractivity (Wildman–Crippen MR) is 66.8 cm³/mol. The van der Waals surface area contributed by atoms with Crippen molar-refractivity contribution in [3.63, 3.8) is 0 Å². The molecule has 0 spiro atoms. The molecule has 1 aliphatic carbocycles. The largest absolute Gasteiger partial charge is 0.378 e. The molecule has 1 unspecified atom stereocenters. The number of hydrogen-bond donors (Lipinski definition) is 2. The van der Waals surface area contributed by atoms with Gasteiger partial charge in [0.25, 0.3) is 0 Å². The summed E-state index contributed by atoms with van der Waals surface area (Å²) in [5.41, 5.74) is 0. The van der Waals surface area contributed by atoms with Crippen molar-refractivity contribution < 1.29 is 9.53 Å². The predicted octanol–water partition coefficient (Wildman–Crippen LogP) is 1.06. The van der Waals surface area contributed by atoms with Crippen LogP contribution in [0.4, 0.5) is 0 Å². The molecule has 1 atom stereocenters. The monoisotopic (exact) mass is 240 g/mol. The maximum absolute atomic E-state index is 11.7. The van der Waals surface area contributed by atoms with Gasteiger partial charge in [0.2, 0.25) is 5.91 Å². The van der Waals surface area contributed by atoms with Crippen molar-refractivity contribution in [2.45, 2.75) is 51.2 Å². The van der Waals surface area contributed by atoms with E-state index >= 15 is 0 Å². The van der Waals surface area contributed by atoms with E-state index in [0.29, 0.717) is 24.5 Å². The van der Waals surface area contributed by atoms with Crippen molar-refractivity contribution in [2.75, 3.05) is 19.7 Å². The summed E-state index contributed by atoms with van der Waals surface area (Å²) in [5, 5.41) is 6.41. The zero-order valence-electron chi connectivity index (χ0n) is 10.7. The topological polar surface area (TPSA) is 50.4 Å². The molecule has 4 nitrogen and oxygen atoms in total. The van der Waals surface area contributed by atoms with Crippen LogP contribution in [0.15, 0.2) is 0 Å². The number of nitrogens with one attached hydrogen (secondary N) is 2. The summed E-state index contributed by atoms with van der Waals surface area (Å²) in [4.78, 5) is 11.7.